The van der Waals surface area contributed by atoms with Gasteiger partial charge in [-0.05, 0) is 36.4 Å². The van der Waals surface area contributed by atoms with Crippen LogP contribution >= 0.6 is 22.9 Å². The molecule has 0 aliphatic heterocycles. The molecule has 3 aromatic rings. The van der Waals surface area contributed by atoms with E-state index in [-0.39, 0.29) is 16.3 Å². The van der Waals surface area contributed by atoms with Gasteiger partial charge in [0.25, 0.3) is 0 Å². The molecule has 0 saturated heterocycles. The van der Waals surface area contributed by atoms with Crippen LogP contribution in [0.15, 0.2) is 53.3 Å². The first-order valence-corrected chi connectivity index (χ1v) is 7.08. The summed E-state index contributed by atoms with van der Waals surface area (Å²) >= 11 is 7.50. The van der Waals surface area contributed by atoms with E-state index >= 15 is 0 Å². The van der Waals surface area contributed by atoms with Crippen LogP contribution in [0.25, 0.3) is 10.1 Å². The molecule has 0 fully saturated rings. The molecule has 100 valence electrons. The van der Waals surface area contributed by atoms with Crippen molar-refractivity contribution in [2.75, 3.05) is 5.32 Å². The second-order valence-corrected chi connectivity index (χ2v) is 5.63. The molecule has 20 heavy (non-hydrogen) atoms. The van der Waals surface area contributed by atoms with Crippen LogP contribution in [0.4, 0.5) is 15.1 Å². The Labute approximate surface area is 123 Å². The van der Waals surface area contributed by atoms with Crippen LogP contribution in [0, 0.1) is 5.82 Å². The Kier molecular flexibility index (Phi) is 3.42. The third-order valence-corrected chi connectivity index (χ3v) is 4.40. The minimum Gasteiger partial charge on any atom is -0.346 e. The lowest BCUT2D eigenvalue weighted by Gasteiger charge is -2.08. The summed E-state index contributed by atoms with van der Waals surface area (Å²) in [6, 6.07) is 13.2. The summed E-state index contributed by atoms with van der Waals surface area (Å²) in [5.74, 6) is -0.312. The Morgan fingerprint density at radius 2 is 1.75 bits per heavy atom. The van der Waals surface area contributed by atoms with E-state index in [0.717, 1.165) is 4.70 Å². The molecular formula is C15H9ClFNOS. The molecule has 2 nitrogen and oxygen atoms in total. The zero-order chi connectivity index (χ0) is 14.1. The first-order valence-electron chi connectivity index (χ1n) is 5.89. The number of hydrogen-bond acceptors (Lipinski definition) is 3. The van der Waals surface area contributed by atoms with Gasteiger partial charge < -0.3 is 5.32 Å². The van der Waals surface area contributed by atoms with Crippen molar-refractivity contribution in [3.8, 4) is 0 Å². The smallest absolute Gasteiger partial charge is 0.208 e. The molecule has 0 radical (unpaired) electrons. The molecule has 1 N–H and O–H groups in total. The van der Waals surface area contributed by atoms with Gasteiger partial charge in [0, 0.05) is 15.8 Å². The number of fused-ring (bicyclic) bond motifs is 1. The molecule has 0 aliphatic carbocycles. The van der Waals surface area contributed by atoms with Crippen LogP contribution in [-0.2, 0) is 0 Å². The number of halogens is 2. The molecule has 0 unspecified atom stereocenters. The Balaban J connectivity index is 2.10. The third-order valence-electron chi connectivity index (χ3n) is 2.84. The van der Waals surface area contributed by atoms with Crippen LogP contribution in [-0.4, -0.2) is 0 Å². The highest BCUT2D eigenvalue weighted by atomic mass is 35.5. The van der Waals surface area contributed by atoms with Crippen molar-refractivity contribution in [1.82, 2.24) is 0 Å². The fourth-order valence-electron chi connectivity index (χ4n) is 1.86. The van der Waals surface area contributed by atoms with Gasteiger partial charge >= 0.3 is 0 Å². The largest absolute Gasteiger partial charge is 0.346 e. The molecule has 0 atom stereocenters. The Morgan fingerprint density at radius 3 is 2.50 bits per heavy atom. The van der Waals surface area contributed by atoms with Crippen LogP contribution in [0.2, 0.25) is 5.02 Å². The molecule has 0 saturated carbocycles. The second-order valence-electron chi connectivity index (χ2n) is 4.20. The molecule has 0 aliphatic rings. The van der Waals surface area contributed by atoms with Crippen LogP contribution in [0.5, 0.6) is 0 Å². The van der Waals surface area contributed by atoms with Gasteiger partial charge in [0.2, 0.25) is 5.43 Å². The molecule has 1 aromatic heterocycles. The maximum atomic E-state index is 12.9. The molecule has 3 rings (SSSR count). The van der Waals surface area contributed by atoms with Gasteiger partial charge in [-0.15, -0.1) is 11.3 Å². The molecule has 2 aromatic carbocycles. The normalized spacial score (nSPS) is 10.7. The summed E-state index contributed by atoms with van der Waals surface area (Å²) in [7, 11) is 0. The van der Waals surface area contributed by atoms with Crippen molar-refractivity contribution >= 4 is 43.7 Å². The van der Waals surface area contributed by atoms with E-state index in [9.17, 15) is 9.18 Å². The summed E-state index contributed by atoms with van der Waals surface area (Å²) < 4.78 is 13.7. The molecular weight excluding hydrogens is 297 g/mol. The van der Waals surface area contributed by atoms with Gasteiger partial charge in [0.1, 0.15) is 15.8 Å². The lowest BCUT2D eigenvalue weighted by atomic mass is 10.2. The highest BCUT2D eigenvalue weighted by molar-refractivity contribution is 7.22. The first-order chi connectivity index (χ1) is 9.65. The minimum atomic E-state index is -0.312. The van der Waals surface area contributed by atoms with E-state index in [0.29, 0.717) is 16.1 Å². The van der Waals surface area contributed by atoms with Gasteiger partial charge in [-0.3, -0.25) is 4.79 Å². The quantitative estimate of drug-likeness (QED) is 0.737. The maximum absolute atomic E-state index is 12.9. The highest BCUT2D eigenvalue weighted by Gasteiger charge is 2.10. The molecule has 0 amide bonds. The monoisotopic (exact) mass is 305 g/mol. The van der Waals surface area contributed by atoms with E-state index in [1.807, 2.05) is 12.1 Å². The maximum Gasteiger partial charge on any atom is 0.208 e. The lowest BCUT2D eigenvalue weighted by Crippen LogP contribution is -2.04. The average Bonchev–Trinajstić information content (AvgIpc) is 2.47. The predicted molar refractivity (Wildman–Crippen MR) is 82.8 cm³/mol. The fraction of sp³-hybridized carbons (Fsp3) is 0. The van der Waals surface area contributed by atoms with Crippen molar-refractivity contribution in [2.45, 2.75) is 0 Å². The van der Waals surface area contributed by atoms with Gasteiger partial charge in [0.05, 0.1) is 0 Å². The summed E-state index contributed by atoms with van der Waals surface area (Å²) in [4.78, 5) is 12.2. The number of hydrogen-bond donors (Lipinski definition) is 1. The Hall–Kier alpha value is -1.91. The van der Waals surface area contributed by atoms with Gasteiger partial charge in [0.15, 0.2) is 0 Å². The van der Waals surface area contributed by atoms with Crippen molar-refractivity contribution in [3.05, 3.63) is 69.6 Å². The van der Waals surface area contributed by atoms with E-state index in [4.69, 9.17) is 11.6 Å². The van der Waals surface area contributed by atoms with Crippen molar-refractivity contribution in [1.29, 1.82) is 0 Å². The predicted octanol–water partition coefficient (Wildman–Crippen LogP) is 4.80. The average molecular weight is 306 g/mol. The van der Waals surface area contributed by atoms with Crippen molar-refractivity contribution in [3.63, 3.8) is 0 Å². The topological polar surface area (TPSA) is 29.1 Å². The molecule has 1 heterocycles. The van der Waals surface area contributed by atoms with Gasteiger partial charge in [-0.25, -0.2) is 4.39 Å². The zero-order valence-electron chi connectivity index (χ0n) is 10.2. The van der Waals surface area contributed by atoms with E-state index < -0.39 is 0 Å². The van der Waals surface area contributed by atoms with Crippen molar-refractivity contribution < 1.29 is 4.39 Å². The van der Waals surface area contributed by atoms with Crippen LogP contribution < -0.4 is 10.7 Å². The van der Waals surface area contributed by atoms with E-state index in [1.165, 1.54) is 23.5 Å². The zero-order valence-corrected chi connectivity index (χ0v) is 11.8. The SMILES string of the molecule is O=c1c(Cl)c(Nc2ccc(F)cc2)sc2ccccc12. The van der Waals surface area contributed by atoms with E-state index in [2.05, 4.69) is 5.32 Å². The minimum absolute atomic E-state index is 0.151. The summed E-state index contributed by atoms with van der Waals surface area (Å²) in [5, 5.41) is 4.36. The van der Waals surface area contributed by atoms with Crippen molar-refractivity contribution in [2.24, 2.45) is 0 Å². The van der Waals surface area contributed by atoms with Gasteiger partial charge in [-0.1, -0.05) is 23.7 Å². The standard InChI is InChI=1S/C15H9ClFNOS/c16-13-14(19)11-3-1-2-4-12(11)20-15(13)18-10-7-5-9(17)6-8-10/h1-8,18H. The number of rotatable bonds is 2. The lowest BCUT2D eigenvalue weighted by molar-refractivity contribution is 0.628. The van der Waals surface area contributed by atoms with E-state index in [1.54, 1.807) is 24.3 Å². The summed E-state index contributed by atoms with van der Waals surface area (Å²) in [6.45, 7) is 0. The van der Waals surface area contributed by atoms with Gasteiger partial charge in [-0.2, -0.15) is 0 Å². The Bertz CT molecular complexity index is 829. The second kappa shape index (κ2) is 5.23. The number of anilines is 2. The highest BCUT2D eigenvalue weighted by Crippen LogP contribution is 2.32. The third kappa shape index (κ3) is 2.40. The molecule has 5 heteroatoms. The summed E-state index contributed by atoms with van der Waals surface area (Å²) in [6.07, 6.45) is 0. The van der Waals surface area contributed by atoms with Crippen LogP contribution in [0.1, 0.15) is 0 Å². The fourth-order valence-corrected chi connectivity index (χ4v) is 3.12. The number of nitrogens with one attached hydrogen (secondary N) is 1. The molecule has 0 spiro atoms. The first kappa shape index (κ1) is 13.1. The molecule has 0 bridgehead atoms. The van der Waals surface area contributed by atoms with Crippen LogP contribution in [0.3, 0.4) is 0 Å². The summed E-state index contributed by atoms with van der Waals surface area (Å²) in [5.41, 5.74) is 0.477. The number of benzene rings is 2. The Morgan fingerprint density at radius 1 is 1.05 bits per heavy atom.